The molecule has 1 aliphatic heterocycles. The van der Waals surface area contributed by atoms with Gasteiger partial charge in [-0.15, -0.1) is 11.8 Å². The molecule has 0 aromatic rings. The molecule has 0 atom stereocenters. The molecule has 1 heterocycles. The maximum atomic E-state index is 10.3. The monoisotopic (exact) mass is 134 g/mol. The van der Waals surface area contributed by atoms with Crippen LogP contribution in [0.5, 0.6) is 0 Å². The summed E-state index contributed by atoms with van der Waals surface area (Å²) in [5.41, 5.74) is 0. The number of thioether (sulfide) groups is 1. The quantitative estimate of drug-likeness (QED) is 0.498. The Bertz CT molecular complexity index is 130. The highest BCUT2D eigenvalue weighted by Gasteiger charge is 2.08. The highest BCUT2D eigenvalue weighted by atomic mass is 35.5. The van der Waals surface area contributed by atoms with Gasteiger partial charge in [0.25, 0.3) is 0 Å². The zero-order valence-electron chi connectivity index (χ0n) is 3.48. The Balaban J connectivity index is 2.67. The van der Waals surface area contributed by atoms with E-state index in [-0.39, 0.29) is 5.78 Å². The van der Waals surface area contributed by atoms with Crippen molar-refractivity contribution in [3.63, 3.8) is 0 Å². The van der Waals surface area contributed by atoms with Gasteiger partial charge in [0.05, 0.1) is 10.1 Å². The Morgan fingerprint density at radius 1 is 1.86 bits per heavy atom. The third-order valence-electron chi connectivity index (χ3n) is 0.627. The molecular weight excluding hydrogens is 132 g/mol. The predicted molar refractivity (Wildman–Crippen MR) is 31.4 cm³/mol. The minimum Gasteiger partial charge on any atom is -0.294 e. The lowest BCUT2D eigenvalue weighted by Crippen LogP contribution is -1.86. The van der Waals surface area contributed by atoms with Gasteiger partial charge in [0.1, 0.15) is 0 Å². The molecule has 0 spiro atoms. The van der Waals surface area contributed by atoms with Crippen LogP contribution >= 0.6 is 23.4 Å². The highest BCUT2D eigenvalue weighted by molar-refractivity contribution is 8.05. The molecular formula is C4H3ClOS. The summed E-state index contributed by atoms with van der Waals surface area (Å²) in [5.74, 6) is 0.647. The normalized spacial score (nSPS) is 20.1. The fraction of sp³-hybridized carbons (Fsp3) is 0.250. The van der Waals surface area contributed by atoms with Crippen LogP contribution in [-0.2, 0) is 4.79 Å². The van der Waals surface area contributed by atoms with Gasteiger partial charge < -0.3 is 0 Å². The Morgan fingerprint density at radius 3 is 2.71 bits per heavy atom. The molecule has 0 fully saturated rings. The van der Waals surface area contributed by atoms with Crippen molar-refractivity contribution < 1.29 is 4.79 Å². The van der Waals surface area contributed by atoms with Gasteiger partial charge in [-0.05, 0) is 0 Å². The molecule has 0 aromatic carbocycles. The first-order valence-corrected chi connectivity index (χ1v) is 3.18. The van der Waals surface area contributed by atoms with Crippen LogP contribution in [0.1, 0.15) is 0 Å². The Hall–Kier alpha value is 0.0500. The average Bonchev–Trinajstić information content (AvgIpc) is 1.87. The maximum Gasteiger partial charge on any atom is 0.167 e. The largest absolute Gasteiger partial charge is 0.294 e. The molecule has 1 aliphatic rings. The van der Waals surface area contributed by atoms with Crippen LogP contribution in [0.4, 0.5) is 0 Å². The maximum absolute atomic E-state index is 10.3. The van der Waals surface area contributed by atoms with Crippen molar-refractivity contribution in [2.75, 3.05) is 5.75 Å². The summed E-state index contributed by atoms with van der Waals surface area (Å²) in [4.78, 5) is 10.3. The molecule has 0 radical (unpaired) electrons. The molecule has 0 unspecified atom stereocenters. The molecule has 38 valence electrons. The minimum absolute atomic E-state index is 0.120. The zero-order valence-corrected chi connectivity index (χ0v) is 5.05. The highest BCUT2D eigenvalue weighted by Crippen LogP contribution is 2.25. The van der Waals surface area contributed by atoms with E-state index in [1.807, 2.05) is 0 Å². The fourth-order valence-corrected chi connectivity index (χ4v) is 1.21. The van der Waals surface area contributed by atoms with E-state index in [1.165, 1.54) is 17.8 Å². The summed E-state index contributed by atoms with van der Waals surface area (Å²) in [6, 6.07) is 0. The first kappa shape index (κ1) is 5.19. The average molecular weight is 135 g/mol. The Morgan fingerprint density at radius 2 is 2.57 bits per heavy atom. The lowest BCUT2D eigenvalue weighted by molar-refractivity contribution is -0.112. The second-order valence-electron chi connectivity index (χ2n) is 1.20. The summed E-state index contributed by atoms with van der Waals surface area (Å²) in [6.07, 6.45) is 1.45. The first-order chi connectivity index (χ1) is 3.29. The van der Waals surface area contributed by atoms with Crippen molar-refractivity contribution in [1.82, 2.24) is 0 Å². The molecule has 7 heavy (non-hydrogen) atoms. The van der Waals surface area contributed by atoms with Crippen molar-refractivity contribution in [1.29, 1.82) is 0 Å². The molecule has 0 bridgehead atoms. The van der Waals surface area contributed by atoms with Crippen molar-refractivity contribution >= 4 is 29.1 Å². The van der Waals surface area contributed by atoms with Gasteiger partial charge in [-0.1, -0.05) is 11.6 Å². The van der Waals surface area contributed by atoms with Crippen LogP contribution in [0.25, 0.3) is 0 Å². The van der Waals surface area contributed by atoms with E-state index in [4.69, 9.17) is 11.6 Å². The van der Waals surface area contributed by atoms with Crippen LogP contribution in [0, 0.1) is 0 Å². The summed E-state index contributed by atoms with van der Waals surface area (Å²) in [5, 5.41) is 0. The molecule has 0 aromatic heterocycles. The predicted octanol–water partition coefficient (Wildman–Crippen LogP) is 1.38. The molecule has 3 heteroatoms. The Kier molecular flexibility index (Phi) is 1.40. The number of allylic oxidation sites excluding steroid dienone is 1. The van der Waals surface area contributed by atoms with Crippen LogP contribution in [-0.4, -0.2) is 11.5 Å². The van der Waals surface area contributed by atoms with Gasteiger partial charge >= 0.3 is 0 Å². The molecule has 0 amide bonds. The van der Waals surface area contributed by atoms with Gasteiger partial charge in [-0.2, -0.15) is 0 Å². The number of ketones is 1. The fourth-order valence-electron chi connectivity index (χ4n) is 0.350. The minimum atomic E-state index is 0.120. The van der Waals surface area contributed by atoms with Gasteiger partial charge in [0, 0.05) is 6.08 Å². The smallest absolute Gasteiger partial charge is 0.167 e. The van der Waals surface area contributed by atoms with E-state index < -0.39 is 0 Å². The molecule has 0 saturated carbocycles. The van der Waals surface area contributed by atoms with Crippen LogP contribution < -0.4 is 0 Å². The van der Waals surface area contributed by atoms with Crippen molar-refractivity contribution in [2.24, 2.45) is 0 Å². The van der Waals surface area contributed by atoms with Gasteiger partial charge in [0.15, 0.2) is 5.78 Å². The lowest BCUT2D eigenvalue weighted by atomic mass is 10.5. The van der Waals surface area contributed by atoms with Crippen molar-refractivity contribution in [3.05, 3.63) is 10.4 Å². The number of hydrogen-bond donors (Lipinski definition) is 0. The van der Waals surface area contributed by atoms with E-state index in [0.717, 1.165) is 0 Å². The van der Waals surface area contributed by atoms with E-state index in [2.05, 4.69) is 0 Å². The van der Waals surface area contributed by atoms with E-state index in [1.54, 1.807) is 0 Å². The summed E-state index contributed by atoms with van der Waals surface area (Å²) in [7, 11) is 0. The lowest BCUT2D eigenvalue weighted by Gasteiger charge is -1.76. The van der Waals surface area contributed by atoms with E-state index in [9.17, 15) is 4.79 Å². The molecule has 0 saturated heterocycles. The van der Waals surface area contributed by atoms with Crippen LogP contribution in [0.15, 0.2) is 10.4 Å². The molecule has 1 rings (SSSR count). The first-order valence-electron chi connectivity index (χ1n) is 1.82. The summed E-state index contributed by atoms with van der Waals surface area (Å²) >= 11 is 6.79. The number of carbonyl (C=O) groups excluding carboxylic acids is 1. The number of carbonyl (C=O) groups is 1. The topological polar surface area (TPSA) is 17.1 Å². The van der Waals surface area contributed by atoms with Gasteiger partial charge in [0.2, 0.25) is 0 Å². The molecule has 1 nitrogen and oxygen atoms in total. The standard InChI is InChI=1S/C4H3ClOS/c5-4-1-3(6)2-7-4/h1H,2H2. The number of halogens is 1. The molecule has 0 aliphatic carbocycles. The second-order valence-corrected chi connectivity index (χ2v) is 2.85. The number of hydrogen-bond acceptors (Lipinski definition) is 2. The van der Waals surface area contributed by atoms with Crippen LogP contribution in [0.2, 0.25) is 0 Å². The van der Waals surface area contributed by atoms with Gasteiger partial charge in [-0.25, -0.2) is 0 Å². The zero-order chi connectivity index (χ0) is 5.28. The second kappa shape index (κ2) is 1.88. The Labute approximate surface area is 50.7 Å². The summed E-state index contributed by atoms with van der Waals surface area (Å²) in [6.45, 7) is 0. The number of rotatable bonds is 0. The van der Waals surface area contributed by atoms with E-state index >= 15 is 0 Å². The SMILES string of the molecule is O=C1C=C(Cl)SC1. The van der Waals surface area contributed by atoms with Crippen LogP contribution in [0.3, 0.4) is 0 Å². The van der Waals surface area contributed by atoms with Crippen molar-refractivity contribution in [2.45, 2.75) is 0 Å². The van der Waals surface area contributed by atoms with Gasteiger partial charge in [-0.3, -0.25) is 4.79 Å². The summed E-state index contributed by atoms with van der Waals surface area (Å²) < 4.78 is 0.616. The molecule has 0 N–H and O–H groups in total. The third-order valence-corrected chi connectivity index (χ3v) is 1.89. The van der Waals surface area contributed by atoms with E-state index in [0.29, 0.717) is 10.1 Å². The third kappa shape index (κ3) is 1.21. The van der Waals surface area contributed by atoms with Crippen molar-refractivity contribution in [3.8, 4) is 0 Å².